The second kappa shape index (κ2) is 4.84. The maximum atomic E-state index is 13.6. The van der Waals surface area contributed by atoms with E-state index in [0.29, 0.717) is 5.82 Å². The number of hydrogen-bond acceptors (Lipinski definition) is 6. The van der Waals surface area contributed by atoms with Crippen molar-refractivity contribution in [3.63, 3.8) is 0 Å². The minimum Gasteiger partial charge on any atom is -0.350 e. The number of aromatic nitrogens is 2. The molecule has 0 bridgehead atoms. The van der Waals surface area contributed by atoms with E-state index in [1.807, 2.05) is 16.7 Å². The molecule has 0 radical (unpaired) electrons. The summed E-state index contributed by atoms with van der Waals surface area (Å²) in [5.74, 6) is 7.34. The summed E-state index contributed by atoms with van der Waals surface area (Å²) in [6.45, 7) is 2.85. The van der Waals surface area contributed by atoms with Crippen LogP contribution in [0.2, 0.25) is 0 Å². The molecule has 2 rings (SSSR count). The van der Waals surface area contributed by atoms with Crippen LogP contribution < -0.4 is 16.2 Å². The molecule has 0 aliphatic carbocycles. The molecule has 2 heterocycles. The minimum absolute atomic E-state index is 0.238. The molecule has 5 nitrogen and oxygen atoms in total. The first-order valence-corrected chi connectivity index (χ1v) is 6.21. The van der Waals surface area contributed by atoms with Crippen LogP contribution in [0.3, 0.4) is 0 Å². The molecule has 16 heavy (non-hydrogen) atoms. The van der Waals surface area contributed by atoms with Crippen molar-refractivity contribution in [3.05, 3.63) is 12.0 Å². The third-order valence-corrected chi connectivity index (χ3v) is 3.68. The molecule has 1 aliphatic heterocycles. The molecular weight excluding hydrogens is 229 g/mol. The van der Waals surface area contributed by atoms with E-state index in [1.165, 1.54) is 0 Å². The Hall–Kier alpha value is -1.08. The van der Waals surface area contributed by atoms with Crippen LogP contribution in [0.15, 0.2) is 6.20 Å². The van der Waals surface area contributed by atoms with Crippen molar-refractivity contribution in [1.29, 1.82) is 0 Å². The van der Waals surface area contributed by atoms with Crippen LogP contribution in [0.25, 0.3) is 0 Å². The SMILES string of the molecule is CC1CSCCN1c1nc(NN)ncc1F. The van der Waals surface area contributed by atoms with E-state index in [0.717, 1.165) is 24.2 Å². The number of nitrogens with two attached hydrogens (primary N) is 1. The summed E-state index contributed by atoms with van der Waals surface area (Å²) in [7, 11) is 0. The number of nitrogen functional groups attached to an aromatic ring is 1. The van der Waals surface area contributed by atoms with Gasteiger partial charge in [-0.1, -0.05) is 0 Å². The van der Waals surface area contributed by atoms with Crippen LogP contribution in [-0.2, 0) is 0 Å². The molecule has 3 N–H and O–H groups in total. The highest BCUT2D eigenvalue weighted by Crippen LogP contribution is 2.24. The molecular formula is C9H14FN5S. The zero-order valence-corrected chi connectivity index (χ0v) is 9.80. The van der Waals surface area contributed by atoms with Gasteiger partial charge in [-0.3, -0.25) is 5.43 Å². The largest absolute Gasteiger partial charge is 0.350 e. The molecule has 88 valence electrons. The second-order valence-electron chi connectivity index (χ2n) is 3.63. The topological polar surface area (TPSA) is 67.1 Å². The Morgan fingerprint density at radius 3 is 3.19 bits per heavy atom. The predicted octanol–water partition coefficient (Wildman–Crippen LogP) is 0.843. The molecule has 1 aliphatic rings. The molecule has 0 spiro atoms. The number of hydrazine groups is 1. The van der Waals surface area contributed by atoms with E-state index in [2.05, 4.69) is 22.3 Å². The van der Waals surface area contributed by atoms with Gasteiger partial charge in [0, 0.05) is 24.1 Å². The van der Waals surface area contributed by atoms with Crippen LogP contribution in [0, 0.1) is 5.82 Å². The van der Waals surface area contributed by atoms with Gasteiger partial charge in [0.1, 0.15) is 0 Å². The second-order valence-corrected chi connectivity index (χ2v) is 4.78. The lowest BCUT2D eigenvalue weighted by Crippen LogP contribution is -2.41. The summed E-state index contributed by atoms with van der Waals surface area (Å²) >= 11 is 1.87. The Morgan fingerprint density at radius 2 is 2.50 bits per heavy atom. The van der Waals surface area contributed by atoms with Gasteiger partial charge in [-0.15, -0.1) is 0 Å². The Balaban J connectivity index is 2.30. The fraction of sp³-hybridized carbons (Fsp3) is 0.556. The zero-order chi connectivity index (χ0) is 11.5. The van der Waals surface area contributed by atoms with Crippen molar-refractivity contribution in [3.8, 4) is 0 Å². The zero-order valence-electron chi connectivity index (χ0n) is 8.98. The van der Waals surface area contributed by atoms with E-state index < -0.39 is 5.82 Å². The molecule has 1 aromatic heterocycles. The van der Waals surface area contributed by atoms with Gasteiger partial charge in [-0.05, 0) is 6.92 Å². The Kier molecular flexibility index (Phi) is 3.45. The molecule has 1 saturated heterocycles. The number of hydrogen-bond donors (Lipinski definition) is 2. The average molecular weight is 243 g/mol. The van der Waals surface area contributed by atoms with Gasteiger partial charge in [-0.2, -0.15) is 16.7 Å². The molecule has 7 heteroatoms. The molecule has 0 saturated carbocycles. The van der Waals surface area contributed by atoms with Gasteiger partial charge in [0.2, 0.25) is 5.95 Å². The van der Waals surface area contributed by atoms with Crippen LogP contribution in [-0.4, -0.2) is 34.1 Å². The number of nitrogens with zero attached hydrogens (tertiary/aromatic N) is 3. The number of anilines is 2. The lowest BCUT2D eigenvalue weighted by Gasteiger charge is -2.34. The van der Waals surface area contributed by atoms with Gasteiger partial charge in [0.05, 0.1) is 6.20 Å². The number of thioether (sulfide) groups is 1. The lowest BCUT2D eigenvalue weighted by molar-refractivity contribution is 0.588. The fourth-order valence-corrected chi connectivity index (χ4v) is 2.68. The standard InChI is InChI=1S/C9H14FN5S/c1-6-5-16-3-2-15(6)8-7(10)4-12-9(13-8)14-11/h4,6H,2-3,5,11H2,1H3,(H,12,13,14). The summed E-state index contributed by atoms with van der Waals surface area (Å²) in [4.78, 5) is 9.74. The van der Waals surface area contributed by atoms with E-state index >= 15 is 0 Å². The smallest absolute Gasteiger partial charge is 0.239 e. The number of nitrogens with one attached hydrogen (secondary N) is 1. The highest BCUT2D eigenvalue weighted by Gasteiger charge is 2.23. The van der Waals surface area contributed by atoms with E-state index in [9.17, 15) is 4.39 Å². The van der Waals surface area contributed by atoms with Crippen molar-refractivity contribution in [2.24, 2.45) is 5.84 Å². The Morgan fingerprint density at radius 1 is 1.69 bits per heavy atom. The first-order valence-electron chi connectivity index (χ1n) is 5.06. The lowest BCUT2D eigenvalue weighted by atomic mass is 10.3. The quantitative estimate of drug-likeness (QED) is 0.593. The van der Waals surface area contributed by atoms with Gasteiger partial charge in [-0.25, -0.2) is 15.2 Å². The van der Waals surface area contributed by atoms with Crippen LogP contribution in [0.4, 0.5) is 16.2 Å². The van der Waals surface area contributed by atoms with Crippen molar-refractivity contribution in [1.82, 2.24) is 9.97 Å². The van der Waals surface area contributed by atoms with Gasteiger partial charge < -0.3 is 4.90 Å². The highest BCUT2D eigenvalue weighted by atomic mass is 32.2. The molecule has 1 unspecified atom stereocenters. The Bertz CT molecular complexity index is 375. The normalized spacial score (nSPS) is 20.9. The average Bonchev–Trinajstić information content (AvgIpc) is 2.31. The van der Waals surface area contributed by atoms with Crippen LogP contribution in [0.1, 0.15) is 6.92 Å². The van der Waals surface area contributed by atoms with Gasteiger partial charge in [0.25, 0.3) is 0 Å². The molecule has 1 atom stereocenters. The maximum Gasteiger partial charge on any atom is 0.239 e. The summed E-state index contributed by atoms with van der Waals surface area (Å²) < 4.78 is 13.6. The van der Waals surface area contributed by atoms with E-state index in [-0.39, 0.29) is 12.0 Å². The van der Waals surface area contributed by atoms with Crippen molar-refractivity contribution in [2.45, 2.75) is 13.0 Å². The van der Waals surface area contributed by atoms with E-state index in [1.54, 1.807) is 0 Å². The molecule has 1 aromatic rings. The highest BCUT2D eigenvalue weighted by molar-refractivity contribution is 7.99. The first kappa shape index (κ1) is 11.4. The molecule has 1 fully saturated rings. The Labute approximate surface area is 97.6 Å². The summed E-state index contributed by atoms with van der Waals surface area (Å²) in [6.07, 6.45) is 1.14. The number of halogens is 1. The summed E-state index contributed by atoms with van der Waals surface area (Å²) in [5.41, 5.74) is 2.33. The van der Waals surface area contributed by atoms with E-state index in [4.69, 9.17) is 5.84 Å². The first-order chi connectivity index (χ1) is 7.72. The predicted molar refractivity (Wildman–Crippen MR) is 63.9 cm³/mol. The minimum atomic E-state index is -0.405. The molecule has 0 amide bonds. The van der Waals surface area contributed by atoms with Crippen molar-refractivity contribution in [2.75, 3.05) is 28.4 Å². The third kappa shape index (κ3) is 2.19. The summed E-state index contributed by atoms with van der Waals surface area (Å²) in [6, 6.07) is 0.272. The number of rotatable bonds is 2. The monoisotopic (exact) mass is 243 g/mol. The van der Waals surface area contributed by atoms with Crippen LogP contribution in [0.5, 0.6) is 0 Å². The van der Waals surface area contributed by atoms with Crippen LogP contribution >= 0.6 is 11.8 Å². The summed E-state index contributed by atoms with van der Waals surface area (Å²) in [5, 5.41) is 0. The van der Waals surface area contributed by atoms with Crippen molar-refractivity contribution >= 4 is 23.5 Å². The fourth-order valence-electron chi connectivity index (χ4n) is 1.67. The maximum absolute atomic E-state index is 13.6. The third-order valence-electron chi connectivity index (χ3n) is 2.49. The van der Waals surface area contributed by atoms with Gasteiger partial charge in [0.15, 0.2) is 11.6 Å². The van der Waals surface area contributed by atoms with Crippen molar-refractivity contribution < 1.29 is 4.39 Å². The molecule has 0 aromatic carbocycles. The van der Waals surface area contributed by atoms with Gasteiger partial charge >= 0.3 is 0 Å².